The van der Waals surface area contributed by atoms with E-state index in [9.17, 15) is 13.6 Å². The SMILES string of the molecule is O=C(NC1CCC(Oc2ncc(Cl)cn2)CC1)c1ccc(F)cc1F. The van der Waals surface area contributed by atoms with Crippen LogP contribution in [0.2, 0.25) is 5.02 Å². The van der Waals surface area contributed by atoms with Crippen LogP contribution in [0.25, 0.3) is 0 Å². The molecule has 0 radical (unpaired) electrons. The van der Waals surface area contributed by atoms with Crippen LogP contribution in [0.3, 0.4) is 0 Å². The van der Waals surface area contributed by atoms with Gasteiger partial charge in [0.25, 0.3) is 5.91 Å². The Hall–Kier alpha value is -2.28. The zero-order chi connectivity index (χ0) is 17.8. The molecule has 5 nitrogen and oxygen atoms in total. The molecular formula is C17H16ClF2N3O2. The fourth-order valence-corrected chi connectivity index (χ4v) is 2.87. The minimum atomic E-state index is -0.866. The van der Waals surface area contributed by atoms with E-state index in [0.29, 0.717) is 36.8 Å². The predicted molar refractivity (Wildman–Crippen MR) is 87.5 cm³/mol. The minimum absolute atomic E-state index is 0.0446. The first-order valence-corrected chi connectivity index (χ1v) is 8.29. The molecule has 3 rings (SSSR count). The molecule has 1 aliphatic carbocycles. The number of ether oxygens (including phenoxy) is 1. The number of nitrogens with one attached hydrogen (secondary N) is 1. The Morgan fingerprint density at radius 2 is 1.84 bits per heavy atom. The molecule has 0 bridgehead atoms. The Morgan fingerprint density at radius 1 is 1.16 bits per heavy atom. The molecule has 0 unspecified atom stereocenters. The third kappa shape index (κ3) is 4.63. The molecule has 0 spiro atoms. The van der Waals surface area contributed by atoms with Gasteiger partial charge in [0.1, 0.15) is 17.7 Å². The maximum Gasteiger partial charge on any atom is 0.316 e. The lowest BCUT2D eigenvalue weighted by Gasteiger charge is -2.28. The highest BCUT2D eigenvalue weighted by atomic mass is 35.5. The summed E-state index contributed by atoms with van der Waals surface area (Å²) in [6.45, 7) is 0. The Morgan fingerprint density at radius 3 is 2.48 bits per heavy atom. The van der Waals surface area contributed by atoms with Gasteiger partial charge in [0.15, 0.2) is 0 Å². The van der Waals surface area contributed by atoms with Crippen LogP contribution >= 0.6 is 11.6 Å². The van der Waals surface area contributed by atoms with Gasteiger partial charge in [0.05, 0.1) is 23.0 Å². The molecular weight excluding hydrogens is 352 g/mol. The summed E-state index contributed by atoms with van der Waals surface area (Å²) in [5.41, 5.74) is -0.158. The van der Waals surface area contributed by atoms with E-state index in [4.69, 9.17) is 16.3 Å². The van der Waals surface area contributed by atoms with E-state index in [-0.39, 0.29) is 23.7 Å². The highest BCUT2D eigenvalue weighted by Crippen LogP contribution is 2.23. The van der Waals surface area contributed by atoms with Crippen LogP contribution in [0, 0.1) is 11.6 Å². The summed E-state index contributed by atoms with van der Waals surface area (Å²) in [5.74, 6) is -2.12. The summed E-state index contributed by atoms with van der Waals surface area (Å²) in [6, 6.07) is 3.10. The van der Waals surface area contributed by atoms with E-state index in [1.165, 1.54) is 12.4 Å². The van der Waals surface area contributed by atoms with Gasteiger partial charge in [0.2, 0.25) is 0 Å². The second-order valence-corrected chi connectivity index (χ2v) is 6.31. The second-order valence-electron chi connectivity index (χ2n) is 5.87. The van der Waals surface area contributed by atoms with Crippen LogP contribution in [0.15, 0.2) is 30.6 Å². The van der Waals surface area contributed by atoms with Crippen molar-refractivity contribution in [2.24, 2.45) is 0 Å². The highest BCUT2D eigenvalue weighted by Gasteiger charge is 2.25. The van der Waals surface area contributed by atoms with E-state index in [2.05, 4.69) is 15.3 Å². The minimum Gasteiger partial charge on any atom is -0.460 e. The lowest BCUT2D eigenvalue weighted by atomic mass is 9.92. The monoisotopic (exact) mass is 367 g/mol. The number of aromatic nitrogens is 2. The van der Waals surface area contributed by atoms with Crippen LogP contribution in [0.5, 0.6) is 6.01 Å². The highest BCUT2D eigenvalue weighted by molar-refractivity contribution is 6.30. The van der Waals surface area contributed by atoms with Crippen molar-refractivity contribution in [3.8, 4) is 6.01 Å². The zero-order valence-electron chi connectivity index (χ0n) is 13.2. The van der Waals surface area contributed by atoms with Crippen molar-refractivity contribution < 1.29 is 18.3 Å². The fraction of sp³-hybridized carbons (Fsp3) is 0.353. The lowest BCUT2D eigenvalue weighted by molar-refractivity contribution is 0.0881. The maximum atomic E-state index is 13.6. The van der Waals surface area contributed by atoms with Crippen molar-refractivity contribution in [2.45, 2.75) is 37.8 Å². The van der Waals surface area contributed by atoms with Crippen molar-refractivity contribution >= 4 is 17.5 Å². The summed E-state index contributed by atoms with van der Waals surface area (Å²) in [6.07, 6.45) is 5.68. The van der Waals surface area contributed by atoms with Crippen LogP contribution in [0.1, 0.15) is 36.0 Å². The normalized spacial score (nSPS) is 20.1. The third-order valence-electron chi connectivity index (χ3n) is 4.05. The molecule has 1 aromatic carbocycles. The maximum absolute atomic E-state index is 13.6. The molecule has 0 aliphatic heterocycles. The number of benzene rings is 1. The number of rotatable bonds is 4. The number of hydrogen-bond acceptors (Lipinski definition) is 4. The van der Waals surface area contributed by atoms with E-state index < -0.39 is 17.5 Å². The van der Waals surface area contributed by atoms with Gasteiger partial charge in [-0.25, -0.2) is 18.7 Å². The smallest absolute Gasteiger partial charge is 0.316 e. The van der Waals surface area contributed by atoms with Gasteiger partial charge in [-0.2, -0.15) is 0 Å². The number of carbonyl (C=O) groups excluding carboxylic acids is 1. The van der Waals surface area contributed by atoms with Gasteiger partial charge in [0, 0.05) is 12.1 Å². The van der Waals surface area contributed by atoms with Crippen molar-refractivity contribution in [2.75, 3.05) is 0 Å². The van der Waals surface area contributed by atoms with E-state index in [1.54, 1.807) is 0 Å². The molecule has 1 heterocycles. The molecule has 1 N–H and O–H groups in total. The topological polar surface area (TPSA) is 64.1 Å². The van der Waals surface area contributed by atoms with Gasteiger partial charge in [-0.3, -0.25) is 4.79 Å². The molecule has 1 amide bonds. The van der Waals surface area contributed by atoms with Gasteiger partial charge in [-0.15, -0.1) is 0 Å². The lowest BCUT2D eigenvalue weighted by Crippen LogP contribution is -2.40. The zero-order valence-corrected chi connectivity index (χ0v) is 14.0. The van der Waals surface area contributed by atoms with Gasteiger partial charge < -0.3 is 10.1 Å². The predicted octanol–water partition coefficient (Wildman–Crippen LogP) is 3.53. The molecule has 8 heteroatoms. The van der Waals surface area contributed by atoms with Crippen LogP contribution in [-0.2, 0) is 0 Å². The van der Waals surface area contributed by atoms with Crippen molar-refractivity contribution in [3.63, 3.8) is 0 Å². The summed E-state index contributed by atoms with van der Waals surface area (Å²) in [4.78, 5) is 20.1. The summed E-state index contributed by atoms with van der Waals surface area (Å²) in [5, 5.41) is 3.22. The van der Waals surface area contributed by atoms with Gasteiger partial charge >= 0.3 is 6.01 Å². The Bertz CT molecular complexity index is 750. The molecule has 132 valence electrons. The quantitative estimate of drug-likeness (QED) is 0.897. The largest absolute Gasteiger partial charge is 0.460 e. The summed E-state index contributed by atoms with van der Waals surface area (Å²) < 4.78 is 32.2. The molecule has 1 fully saturated rings. The fourth-order valence-electron chi connectivity index (χ4n) is 2.77. The standard InChI is InChI=1S/C17H16ClF2N3O2/c18-10-8-21-17(22-9-10)25-13-4-2-12(3-5-13)23-16(24)14-6-1-11(19)7-15(14)20/h1,6-9,12-13H,2-5H2,(H,23,24). The molecule has 1 aromatic heterocycles. The van der Waals surface area contributed by atoms with Crippen molar-refractivity contribution in [3.05, 3.63) is 52.8 Å². The summed E-state index contributed by atoms with van der Waals surface area (Å²) in [7, 11) is 0. The Kier molecular flexibility index (Phi) is 5.43. The second kappa shape index (κ2) is 7.74. The van der Waals surface area contributed by atoms with E-state index >= 15 is 0 Å². The van der Waals surface area contributed by atoms with E-state index in [0.717, 1.165) is 12.1 Å². The first-order chi connectivity index (χ1) is 12.0. The number of amides is 1. The average molecular weight is 368 g/mol. The van der Waals surface area contributed by atoms with Crippen LogP contribution in [-0.4, -0.2) is 28.0 Å². The van der Waals surface area contributed by atoms with Crippen LogP contribution in [0.4, 0.5) is 8.78 Å². The number of hydrogen-bond donors (Lipinski definition) is 1. The van der Waals surface area contributed by atoms with Gasteiger partial charge in [-0.1, -0.05) is 11.6 Å². The number of nitrogens with zero attached hydrogens (tertiary/aromatic N) is 2. The number of halogens is 3. The molecule has 2 aromatic rings. The van der Waals surface area contributed by atoms with E-state index in [1.807, 2.05) is 0 Å². The van der Waals surface area contributed by atoms with Gasteiger partial charge in [-0.05, 0) is 37.8 Å². The Balaban J connectivity index is 1.50. The molecule has 1 aliphatic rings. The summed E-state index contributed by atoms with van der Waals surface area (Å²) >= 11 is 5.72. The third-order valence-corrected chi connectivity index (χ3v) is 4.25. The van der Waals surface area contributed by atoms with Crippen molar-refractivity contribution in [1.82, 2.24) is 15.3 Å². The van der Waals surface area contributed by atoms with Crippen LogP contribution < -0.4 is 10.1 Å². The molecule has 0 atom stereocenters. The molecule has 1 saturated carbocycles. The first-order valence-electron chi connectivity index (χ1n) is 7.91. The Labute approximate surface area is 148 Å². The van der Waals surface area contributed by atoms with Crippen molar-refractivity contribution in [1.29, 1.82) is 0 Å². The first kappa shape index (κ1) is 17.5. The molecule has 0 saturated heterocycles. The average Bonchev–Trinajstić information content (AvgIpc) is 2.58. The number of carbonyl (C=O) groups is 1. The molecule has 25 heavy (non-hydrogen) atoms.